The summed E-state index contributed by atoms with van der Waals surface area (Å²) in [4.78, 5) is 48.8. The van der Waals surface area contributed by atoms with Crippen LogP contribution in [-0.2, 0) is 25.7 Å². The molecule has 1 aromatic carbocycles. The van der Waals surface area contributed by atoms with Gasteiger partial charge in [0.1, 0.15) is 25.4 Å². The fraction of sp³-hybridized carbons (Fsp3) is 0.474. The van der Waals surface area contributed by atoms with Gasteiger partial charge in [0.2, 0.25) is 5.91 Å². The summed E-state index contributed by atoms with van der Waals surface area (Å²) in [5, 5.41) is 11.6. The van der Waals surface area contributed by atoms with Crippen molar-refractivity contribution in [3.8, 4) is 0 Å². The number of carboxylic acid groups (broad SMARTS) is 1. The van der Waals surface area contributed by atoms with Gasteiger partial charge in [0.05, 0.1) is 6.42 Å². The van der Waals surface area contributed by atoms with Crippen LogP contribution >= 0.6 is 11.6 Å². The Balaban J connectivity index is 2.02. The maximum atomic E-state index is 12.7. The highest BCUT2D eigenvalue weighted by Crippen LogP contribution is 2.20. The highest BCUT2D eigenvalue weighted by molar-refractivity contribution is 6.30. The van der Waals surface area contributed by atoms with Gasteiger partial charge >= 0.3 is 12.1 Å². The number of carboxylic acids is 1. The van der Waals surface area contributed by atoms with Crippen LogP contribution in [0.5, 0.6) is 0 Å². The fourth-order valence-electron chi connectivity index (χ4n) is 3.06. The van der Waals surface area contributed by atoms with E-state index in [0.29, 0.717) is 29.8 Å². The van der Waals surface area contributed by atoms with Crippen LogP contribution in [0.4, 0.5) is 9.18 Å². The lowest BCUT2D eigenvalue weighted by Gasteiger charge is -2.34. The Bertz CT molecular complexity index is 775. The second-order valence-electron chi connectivity index (χ2n) is 6.65. The van der Waals surface area contributed by atoms with E-state index in [9.17, 15) is 23.6 Å². The molecule has 1 aromatic rings. The molecule has 2 N–H and O–H groups in total. The maximum Gasteiger partial charge on any atom is 0.410 e. The van der Waals surface area contributed by atoms with Crippen LogP contribution in [0.15, 0.2) is 24.3 Å². The molecule has 2 amide bonds. The summed E-state index contributed by atoms with van der Waals surface area (Å²) in [5.41, 5.74) is 0.680. The number of aliphatic carboxylic acids is 1. The first-order valence-corrected chi connectivity index (χ1v) is 9.48. The number of alkyl halides is 1. The van der Waals surface area contributed by atoms with Crippen molar-refractivity contribution in [2.75, 3.05) is 13.2 Å². The van der Waals surface area contributed by atoms with Crippen molar-refractivity contribution in [3.63, 3.8) is 0 Å². The summed E-state index contributed by atoms with van der Waals surface area (Å²) in [6.45, 7) is -1.16. The summed E-state index contributed by atoms with van der Waals surface area (Å²) >= 11 is 5.90. The molecule has 0 unspecified atom stereocenters. The minimum atomic E-state index is -1.49. The number of benzene rings is 1. The van der Waals surface area contributed by atoms with Gasteiger partial charge in [-0.15, -0.1) is 0 Å². The van der Waals surface area contributed by atoms with E-state index >= 15 is 0 Å². The number of amides is 2. The number of hydrogen-bond acceptors (Lipinski definition) is 5. The first-order valence-electron chi connectivity index (χ1n) is 9.10. The lowest BCUT2D eigenvalue weighted by molar-refractivity contribution is -0.140. The van der Waals surface area contributed by atoms with E-state index in [1.807, 2.05) is 0 Å². The van der Waals surface area contributed by atoms with Crippen molar-refractivity contribution in [1.82, 2.24) is 10.2 Å². The molecule has 1 aliphatic heterocycles. The third-order valence-electron chi connectivity index (χ3n) is 4.51. The Hall–Kier alpha value is -2.68. The number of likely N-dealkylation sites (tertiary alicyclic amines) is 1. The summed E-state index contributed by atoms with van der Waals surface area (Å²) in [7, 11) is 0. The van der Waals surface area contributed by atoms with Crippen molar-refractivity contribution in [1.29, 1.82) is 0 Å². The van der Waals surface area contributed by atoms with Crippen LogP contribution in [0.25, 0.3) is 0 Å². The molecular weight excluding hydrogens is 407 g/mol. The van der Waals surface area contributed by atoms with Gasteiger partial charge in [-0.05, 0) is 37.0 Å². The van der Waals surface area contributed by atoms with Crippen LogP contribution in [0.1, 0.15) is 31.2 Å². The summed E-state index contributed by atoms with van der Waals surface area (Å²) in [6.07, 6.45) is 0.202. The molecule has 0 saturated carbocycles. The molecule has 29 heavy (non-hydrogen) atoms. The predicted molar refractivity (Wildman–Crippen MR) is 101 cm³/mol. The third kappa shape index (κ3) is 6.70. The predicted octanol–water partition coefficient (Wildman–Crippen LogP) is 2.33. The van der Waals surface area contributed by atoms with Crippen LogP contribution in [0, 0.1) is 0 Å². The van der Waals surface area contributed by atoms with Gasteiger partial charge in [0.15, 0.2) is 5.78 Å². The van der Waals surface area contributed by atoms with Gasteiger partial charge in [-0.25, -0.2) is 9.18 Å². The molecule has 0 aliphatic carbocycles. The van der Waals surface area contributed by atoms with Gasteiger partial charge < -0.3 is 15.2 Å². The van der Waals surface area contributed by atoms with Crippen LogP contribution in [0.2, 0.25) is 5.02 Å². The normalized spacial score (nSPS) is 17.3. The monoisotopic (exact) mass is 428 g/mol. The van der Waals surface area contributed by atoms with Crippen molar-refractivity contribution < 1.29 is 33.4 Å². The number of halogens is 2. The van der Waals surface area contributed by atoms with E-state index in [-0.39, 0.29) is 13.2 Å². The Kier molecular flexibility index (Phi) is 8.38. The molecule has 0 bridgehead atoms. The number of hydrogen-bond donors (Lipinski definition) is 2. The minimum Gasteiger partial charge on any atom is -0.481 e. The van der Waals surface area contributed by atoms with Crippen LogP contribution in [0.3, 0.4) is 0 Å². The molecule has 1 heterocycles. The first-order chi connectivity index (χ1) is 13.8. The SMILES string of the molecule is O=C(O)C[C@H](NC(=O)[C@@H]1CCCCN1C(=O)OCc1cccc(Cl)c1)C(=O)CF. The zero-order valence-corrected chi connectivity index (χ0v) is 16.4. The number of ketones is 1. The molecule has 0 aromatic heterocycles. The van der Waals surface area contributed by atoms with Gasteiger partial charge in [0.25, 0.3) is 0 Å². The van der Waals surface area contributed by atoms with Gasteiger partial charge in [-0.1, -0.05) is 23.7 Å². The molecule has 1 saturated heterocycles. The zero-order valence-electron chi connectivity index (χ0n) is 15.6. The quantitative estimate of drug-likeness (QED) is 0.657. The number of Topliss-reactive ketones (excluding diaryl/α,β-unsaturated/α-hetero) is 1. The van der Waals surface area contributed by atoms with Crippen LogP contribution < -0.4 is 5.32 Å². The largest absolute Gasteiger partial charge is 0.481 e. The number of carbonyl (C=O) groups excluding carboxylic acids is 3. The Morgan fingerprint density at radius 1 is 1.31 bits per heavy atom. The molecule has 0 radical (unpaired) electrons. The summed E-state index contributed by atoms with van der Waals surface area (Å²) in [5.74, 6) is -3.09. The molecule has 8 nitrogen and oxygen atoms in total. The Labute approximate surface area is 172 Å². The number of carbonyl (C=O) groups is 4. The standard InChI is InChI=1S/C19H22ClFN2O6/c20-13-5-3-4-12(8-13)11-29-19(28)23-7-2-1-6-15(23)18(27)22-14(9-17(25)26)16(24)10-21/h3-5,8,14-15H,1-2,6-7,9-11H2,(H,22,27)(H,25,26)/t14-,15-/m0/s1. The van der Waals surface area contributed by atoms with Crippen molar-refractivity contribution in [2.24, 2.45) is 0 Å². The van der Waals surface area contributed by atoms with Gasteiger partial charge in [0, 0.05) is 11.6 Å². The topological polar surface area (TPSA) is 113 Å². The number of nitrogens with one attached hydrogen (secondary N) is 1. The first kappa shape index (κ1) is 22.6. The molecule has 1 aliphatic rings. The summed E-state index contributed by atoms with van der Waals surface area (Å²) in [6, 6.07) is 4.36. The lowest BCUT2D eigenvalue weighted by Crippen LogP contribution is -2.55. The average molecular weight is 429 g/mol. The van der Waals surface area contributed by atoms with Gasteiger partial charge in [-0.2, -0.15) is 0 Å². The average Bonchev–Trinajstić information content (AvgIpc) is 2.70. The number of nitrogens with zero attached hydrogens (tertiary/aromatic N) is 1. The van der Waals surface area contributed by atoms with Gasteiger partial charge in [-0.3, -0.25) is 19.3 Å². The van der Waals surface area contributed by atoms with Crippen molar-refractivity contribution in [2.45, 2.75) is 44.4 Å². The summed E-state index contributed by atoms with van der Waals surface area (Å²) < 4.78 is 18.0. The second-order valence-corrected chi connectivity index (χ2v) is 7.08. The smallest absolute Gasteiger partial charge is 0.410 e. The number of piperidine rings is 1. The van der Waals surface area contributed by atoms with E-state index in [2.05, 4.69) is 5.32 Å². The maximum absolute atomic E-state index is 12.7. The molecule has 0 spiro atoms. The second kappa shape index (κ2) is 10.8. The molecule has 1 fully saturated rings. The molecule has 2 rings (SSSR count). The van der Waals surface area contributed by atoms with E-state index in [1.54, 1.807) is 24.3 Å². The molecular formula is C19H22ClFN2O6. The van der Waals surface area contributed by atoms with Crippen LogP contribution in [-0.4, -0.2) is 59.1 Å². The minimum absolute atomic E-state index is 0.0355. The number of rotatable bonds is 8. The number of ether oxygens (including phenoxy) is 1. The lowest BCUT2D eigenvalue weighted by atomic mass is 10.0. The fourth-order valence-corrected chi connectivity index (χ4v) is 3.27. The van der Waals surface area contributed by atoms with Crippen molar-refractivity contribution >= 4 is 35.4 Å². The molecule has 10 heteroatoms. The molecule has 2 atom stereocenters. The van der Waals surface area contributed by atoms with E-state index in [1.165, 1.54) is 4.90 Å². The van der Waals surface area contributed by atoms with Crippen molar-refractivity contribution in [3.05, 3.63) is 34.9 Å². The Morgan fingerprint density at radius 3 is 2.72 bits per heavy atom. The Morgan fingerprint density at radius 2 is 2.07 bits per heavy atom. The third-order valence-corrected chi connectivity index (χ3v) is 4.74. The van der Waals surface area contributed by atoms with E-state index in [4.69, 9.17) is 21.4 Å². The van der Waals surface area contributed by atoms with E-state index < -0.39 is 48.9 Å². The molecule has 158 valence electrons. The zero-order chi connectivity index (χ0) is 21.4. The highest BCUT2D eigenvalue weighted by atomic mass is 35.5. The van der Waals surface area contributed by atoms with E-state index in [0.717, 1.165) is 0 Å². The highest BCUT2D eigenvalue weighted by Gasteiger charge is 2.35.